The van der Waals surface area contributed by atoms with Gasteiger partial charge >= 0.3 is 0 Å². The first-order valence-corrected chi connectivity index (χ1v) is 8.63. The summed E-state index contributed by atoms with van der Waals surface area (Å²) < 4.78 is 0. The molecule has 1 aromatic rings. The third-order valence-electron chi connectivity index (χ3n) is 4.93. The van der Waals surface area contributed by atoms with Gasteiger partial charge in [0.1, 0.15) is 17.5 Å². The fourth-order valence-electron chi connectivity index (χ4n) is 3.47. The summed E-state index contributed by atoms with van der Waals surface area (Å²) in [6.45, 7) is 2.29. The fourth-order valence-corrected chi connectivity index (χ4v) is 3.47. The van der Waals surface area contributed by atoms with Crippen molar-refractivity contribution < 1.29 is 0 Å². The predicted molar refractivity (Wildman–Crippen MR) is 87.8 cm³/mol. The van der Waals surface area contributed by atoms with Crippen LogP contribution >= 0.6 is 0 Å². The van der Waals surface area contributed by atoms with Gasteiger partial charge in [-0.1, -0.05) is 26.2 Å². The Morgan fingerprint density at radius 3 is 2.43 bits per heavy atom. The smallest absolute Gasteiger partial charge is 0.136 e. The average molecular weight is 288 g/mol. The molecule has 2 saturated carbocycles. The van der Waals surface area contributed by atoms with Gasteiger partial charge < -0.3 is 10.6 Å². The molecule has 0 saturated heterocycles. The van der Waals surface area contributed by atoms with Crippen molar-refractivity contribution in [3.8, 4) is 0 Å². The van der Waals surface area contributed by atoms with Crippen LogP contribution in [0.2, 0.25) is 0 Å². The summed E-state index contributed by atoms with van der Waals surface area (Å²) in [5.41, 5.74) is 0. The Labute approximate surface area is 128 Å². The highest BCUT2D eigenvalue weighted by atomic mass is 15.1. The summed E-state index contributed by atoms with van der Waals surface area (Å²) >= 11 is 0. The molecular weight excluding hydrogens is 260 g/mol. The van der Waals surface area contributed by atoms with E-state index in [0.29, 0.717) is 12.0 Å². The Morgan fingerprint density at radius 1 is 1.10 bits per heavy atom. The maximum Gasteiger partial charge on any atom is 0.136 e. The maximum atomic E-state index is 4.76. The van der Waals surface area contributed by atoms with Crippen LogP contribution in [0.5, 0.6) is 0 Å². The molecule has 0 spiro atoms. The van der Waals surface area contributed by atoms with Crippen molar-refractivity contribution in [2.24, 2.45) is 5.92 Å². The van der Waals surface area contributed by atoms with Crippen molar-refractivity contribution in [3.05, 3.63) is 11.9 Å². The van der Waals surface area contributed by atoms with Gasteiger partial charge in [-0.2, -0.15) is 0 Å². The number of anilines is 2. The summed E-state index contributed by atoms with van der Waals surface area (Å²) in [6.07, 6.45) is 10.6. The molecule has 2 fully saturated rings. The molecule has 0 bridgehead atoms. The average Bonchev–Trinajstić information content (AvgIpc) is 3.38. The Kier molecular flexibility index (Phi) is 4.61. The van der Waals surface area contributed by atoms with E-state index in [9.17, 15) is 0 Å². The standard InChI is InChI=1S/C17H28N4/c1-3-14(12-7-5-4-6-8-12)19-16-11-15(18-2)20-17(21-16)13-9-10-13/h11-14H,3-10H2,1-2H3,(H2,18,19,20,21). The van der Waals surface area contributed by atoms with Crippen LogP contribution in [0.25, 0.3) is 0 Å². The van der Waals surface area contributed by atoms with Gasteiger partial charge in [-0.15, -0.1) is 0 Å². The molecule has 1 atom stereocenters. The first-order valence-electron chi connectivity index (χ1n) is 8.63. The molecule has 2 aliphatic carbocycles. The minimum absolute atomic E-state index is 0.553. The second-order valence-corrected chi connectivity index (χ2v) is 6.58. The monoisotopic (exact) mass is 288 g/mol. The Bertz CT molecular complexity index is 464. The molecule has 4 heteroatoms. The van der Waals surface area contributed by atoms with Crippen LogP contribution in [0.15, 0.2) is 6.07 Å². The van der Waals surface area contributed by atoms with E-state index in [-0.39, 0.29) is 0 Å². The normalized spacial score (nSPS) is 21.0. The van der Waals surface area contributed by atoms with E-state index in [4.69, 9.17) is 4.98 Å². The van der Waals surface area contributed by atoms with Crippen LogP contribution in [0, 0.1) is 5.92 Å². The van der Waals surface area contributed by atoms with Gasteiger partial charge in [-0.3, -0.25) is 0 Å². The van der Waals surface area contributed by atoms with Crippen LogP contribution in [0.4, 0.5) is 11.6 Å². The zero-order valence-electron chi connectivity index (χ0n) is 13.4. The van der Waals surface area contributed by atoms with Crippen molar-refractivity contribution in [3.63, 3.8) is 0 Å². The van der Waals surface area contributed by atoms with Crippen molar-refractivity contribution in [1.29, 1.82) is 0 Å². The quantitative estimate of drug-likeness (QED) is 0.825. The van der Waals surface area contributed by atoms with Crippen molar-refractivity contribution in [2.45, 2.75) is 70.3 Å². The van der Waals surface area contributed by atoms with E-state index < -0.39 is 0 Å². The molecule has 0 aromatic carbocycles. The van der Waals surface area contributed by atoms with Crippen molar-refractivity contribution in [1.82, 2.24) is 9.97 Å². The highest BCUT2D eigenvalue weighted by Gasteiger charge is 2.28. The van der Waals surface area contributed by atoms with Crippen LogP contribution in [-0.4, -0.2) is 23.1 Å². The van der Waals surface area contributed by atoms with Gasteiger partial charge in [-0.25, -0.2) is 9.97 Å². The van der Waals surface area contributed by atoms with Crippen LogP contribution in [0.3, 0.4) is 0 Å². The number of hydrogen-bond acceptors (Lipinski definition) is 4. The molecule has 1 heterocycles. The van der Waals surface area contributed by atoms with Crippen LogP contribution in [-0.2, 0) is 0 Å². The first-order chi connectivity index (χ1) is 10.3. The fraction of sp³-hybridized carbons (Fsp3) is 0.765. The summed E-state index contributed by atoms with van der Waals surface area (Å²) in [7, 11) is 1.93. The molecule has 116 valence electrons. The summed E-state index contributed by atoms with van der Waals surface area (Å²) in [5.74, 6) is 4.36. The lowest BCUT2D eigenvalue weighted by molar-refractivity contribution is 0.312. The maximum absolute atomic E-state index is 4.76. The van der Waals surface area contributed by atoms with Gasteiger partial charge in [0, 0.05) is 25.1 Å². The predicted octanol–water partition coefficient (Wildman–Crippen LogP) is 4.17. The Balaban J connectivity index is 1.73. The zero-order chi connectivity index (χ0) is 14.7. The highest BCUT2D eigenvalue weighted by molar-refractivity contribution is 5.48. The Morgan fingerprint density at radius 2 is 1.81 bits per heavy atom. The third-order valence-corrected chi connectivity index (χ3v) is 4.93. The molecule has 0 radical (unpaired) electrons. The summed E-state index contributed by atoms with van der Waals surface area (Å²) in [5, 5.41) is 6.88. The lowest BCUT2D eigenvalue weighted by atomic mass is 9.83. The second-order valence-electron chi connectivity index (χ2n) is 6.58. The number of rotatable bonds is 6. The largest absolute Gasteiger partial charge is 0.373 e. The minimum atomic E-state index is 0.553. The number of nitrogens with one attached hydrogen (secondary N) is 2. The molecule has 2 aliphatic rings. The van der Waals surface area contributed by atoms with Crippen LogP contribution < -0.4 is 10.6 Å². The zero-order valence-corrected chi connectivity index (χ0v) is 13.4. The van der Waals surface area contributed by atoms with E-state index >= 15 is 0 Å². The molecular formula is C17H28N4. The van der Waals surface area contributed by atoms with Gasteiger partial charge in [0.05, 0.1) is 0 Å². The molecule has 21 heavy (non-hydrogen) atoms. The molecule has 2 N–H and O–H groups in total. The first kappa shape index (κ1) is 14.6. The van der Waals surface area contributed by atoms with Gasteiger partial charge in [0.15, 0.2) is 0 Å². The molecule has 3 rings (SSSR count). The lowest BCUT2D eigenvalue weighted by Gasteiger charge is -2.30. The topological polar surface area (TPSA) is 49.8 Å². The van der Waals surface area contributed by atoms with Crippen LogP contribution in [0.1, 0.15) is 70.0 Å². The number of hydrogen-bond donors (Lipinski definition) is 2. The number of nitrogens with zero attached hydrogens (tertiary/aromatic N) is 2. The highest BCUT2D eigenvalue weighted by Crippen LogP contribution is 2.39. The molecule has 1 aromatic heterocycles. The molecule has 0 amide bonds. The summed E-state index contributed by atoms with van der Waals surface area (Å²) in [6, 6.07) is 2.61. The lowest BCUT2D eigenvalue weighted by Crippen LogP contribution is -2.30. The minimum Gasteiger partial charge on any atom is -0.373 e. The van der Waals surface area contributed by atoms with Gasteiger partial charge in [0.2, 0.25) is 0 Å². The van der Waals surface area contributed by atoms with E-state index in [1.807, 2.05) is 7.05 Å². The van der Waals surface area contributed by atoms with E-state index in [1.165, 1.54) is 51.4 Å². The second kappa shape index (κ2) is 6.63. The Hall–Kier alpha value is -1.32. The summed E-state index contributed by atoms with van der Waals surface area (Å²) in [4.78, 5) is 9.36. The van der Waals surface area contributed by atoms with Crippen molar-refractivity contribution >= 4 is 11.6 Å². The number of aromatic nitrogens is 2. The van der Waals surface area contributed by atoms with E-state index in [0.717, 1.165) is 23.4 Å². The molecule has 4 nitrogen and oxygen atoms in total. The van der Waals surface area contributed by atoms with E-state index in [2.05, 4.69) is 28.6 Å². The van der Waals surface area contributed by atoms with Gasteiger partial charge in [-0.05, 0) is 38.0 Å². The SMILES string of the molecule is CCC(Nc1cc(NC)nc(C2CC2)n1)C1CCCCC1. The molecule has 1 unspecified atom stereocenters. The molecule has 0 aliphatic heterocycles. The third kappa shape index (κ3) is 3.66. The van der Waals surface area contributed by atoms with Crippen molar-refractivity contribution in [2.75, 3.05) is 17.7 Å². The van der Waals surface area contributed by atoms with Gasteiger partial charge in [0.25, 0.3) is 0 Å². The van der Waals surface area contributed by atoms with E-state index in [1.54, 1.807) is 0 Å².